The van der Waals surface area contributed by atoms with E-state index in [-0.39, 0.29) is 6.04 Å². The number of hydrogen-bond acceptors (Lipinski definition) is 3. The molecule has 0 radical (unpaired) electrons. The molecule has 2 rings (SSSR count). The van der Waals surface area contributed by atoms with Gasteiger partial charge in [-0.1, -0.05) is 0 Å². The van der Waals surface area contributed by atoms with Gasteiger partial charge < -0.3 is 10.2 Å². The Labute approximate surface area is 95.1 Å². The maximum atomic E-state index is 6.04. The normalized spacial score (nSPS) is 12.9. The summed E-state index contributed by atoms with van der Waals surface area (Å²) in [7, 11) is 1.91. The Morgan fingerprint density at radius 2 is 2.38 bits per heavy atom. The van der Waals surface area contributed by atoms with Crippen molar-refractivity contribution < 1.29 is 4.42 Å². The monoisotopic (exact) mass is 219 g/mol. The molecule has 2 N–H and O–H groups in total. The van der Waals surface area contributed by atoms with E-state index in [0.29, 0.717) is 0 Å². The van der Waals surface area contributed by atoms with Gasteiger partial charge in [-0.05, 0) is 24.6 Å². The van der Waals surface area contributed by atoms with Crippen molar-refractivity contribution in [1.29, 1.82) is 0 Å². The van der Waals surface area contributed by atoms with Gasteiger partial charge >= 0.3 is 0 Å². The highest BCUT2D eigenvalue weighted by Crippen LogP contribution is 2.07. The van der Waals surface area contributed by atoms with E-state index < -0.39 is 0 Å². The van der Waals surface area contributed by atoms with Crippen molar-refractivity contribution in [3.05, 3.63) is 42.1 Å². The first-order valence-electron chi connectivity index (χ1n) is 5.50. The molecule has 4 nitrogen and oxygen atoms in total. The zero-order valence-corrected chi connectivity index (χ0v) is 9.47. The third-order valence-electron chi connectivity index (χ3n) is 2.58. The zero-order chi connectivity index (χ0) is 11.4. The van der Waals surface area contributed by atoms with E-state index in [2.05, 4.69) is 5.10 Å². The molecule has 0 aliphatic rings. The van der Waals surface area contributed by atoms with Gasteiger partial charge in [0.2, 0.25) is 0 Å². The fraction of sp³-hybridized carbons (Fsp3) is 0.417. The summed E-state index contributed by atoms with van der Waals surface area (Å²) in [5.74, 6) is 0.997. The van der Waals surface area contributed by atoms with Crippen LogP contribution >= 0.6 is 0 Å². The molecule has 0 aliphatic heterocycles. The molecule has 0 saturated heterocycles. The quantitative estimate of drug-likeness (QED) is 0.829. The summed E-state index contributed by atoms with van der Waals surface area (Å²) in [5.41, 5.74) is 7.09. The number of hydrogen-bond donors (Lipinski definition) is 1. The van der Waals surface area contributed by atoms with Crippen molar-refractivity contribution in [3.8, 4) is 0 Å². The molecule has 0 aromatic carbocycles. The van der Waals surface area contributed by atoms with Gasteiger partial charge in [-0.3, -0.25) is 4.68 Å². The van der Waals surface area contributed by atoms with Crippen molar-refractivity contribution in [2.45, 2.75) is 25.3 Å². The van der Waals surface area contributed by atoms with Crippen LogP contribution < -0.4 is 5.73 Å². The van der Waals surface area contributed by atoms with E-state index in [1.165, 1.54) is 0 Å². The van der Waals surface area contributed by atoms with Crippen molar-refractivity contribution >= 4 is 0 Å². The molecular weight excluding hydrogens is 202 g/mol. The average molecular weight is 219 g/mol. The number of rotatable bonds is 5. The van der Waals surface area contributed by atoms with Gasteiger partial charge in [0, 0.05) is 32.1 Å². The van der Waals surface area contributed by atoms with Crippen LogP contribution in [-0.4, -0.2) is 15.8 Å². The zero-order valence-electron chi connectivity index (χ0n) is 9.47. The minimum atomic E-state index is 0.139. The van der Waals surface area contributed by atoms with Crippen LogP contribution in [0.1, 0.15) is 17.9 Å². The van der Waals surface area contributed by atoms with E-state index in [1.54, 1.807) is 10.9 Å². The molecule has 0 aliphatic carbocycles. The number of furan rings is 1. The molecule has 0 fully saturated rings. The van der Waals surface area contributed by atoms with Crippen molar-refractivity contribution in [3.63, 3.8) is 0 Å². The van der Waals surface area contributed by atoms with Gasteiger partial charge in [0.25, 0.3) is 0 Å². The Balaban J connectivity index is 1.78. The number of aryl methyl sites for hydroxylation is 2. The molecule has 2 aromatic heterocycles. The largest absolute Gasteiger partial charge is 0.469 e. The van der Waals surface area contributed by atoms with Crippen LogP contribution in [0.25, 0.3) is 0 Å². The van der Waals surface area contributed by atoms with E-state index in [4.69, 9.17) is 10.2 Å². The standard InChI is InChI=1S/C12H17N3O/c1-15-7-6-11(14-15)9-10(13)4-5-12-3-2-8-16-12/h2-3,6-8,10H,4-5,9,13H2,1H3. The van der Waals surface area contributed by atoms with Crippen LogP contribution in [-0.2, 0) is 19.9 Å². The second kappa shape index (κ2) is 4.99. The predicted octanol–water partition coefficient (Wildman–Crippen LogP) is 1.52. The predicted molar refractivity (Wildman–Crippen MR) is 61.9 cm³/mol. The Kier molecular flexibility index (Phi) is 3.41. The first-order chi connectivity index (χ1) is 7.74. The minimum Gasteiger partial charge on any atom is -0.469 e. The van der Waals surface area contributed by atoms with Crippen LogP contribution in [0.2, 0.25) is 0 Å². The Hall–Kier alpha value is -1.55. The summed E-state index contributed by atoms with van der Waals surface area (Å²) < 4.78 is 7.06. The molecule has 4 heteroatoms. The molecule has 0 spiro atoms. The lowest BCUT2D eigenvalue weighted by molar-refractivity contribution is 0.482. The maximum absolute atomic E-state index is 6.04. The fourth-order valence-electron chi connectivity index (χ4n) is 1.73. The lowest BCUT2D eigenvalue weighted by Gasteiger charge is -2.08. The molecule has 2 heterocycles. The van der Waals surface area contributed by atoms with Crippen LogP contribution in [0.3, 0.4) is 0 Å². The van der Waals surface area contributed by atoms with Crippen molar-refractivity contribution in [2.75, 3.05) is 0 Å². The Morgan fingerprint density at radius 1 is 1.50 bits per heavy atom. The van der Waals surface area contributed by atoms with Gasteiger partial charge in [0.15, 0.2) is 0 Å². The van der Waals surface area contributed by atoms with Gasteiger partial charge in [-0.25, -0.2) is 0 Å². The van der Waals surface area contributed by atoms with Crippen LogP contribution in [0, 0.1) is 0 Å². The highest BCUT2D eigenvalue weighted by atomic mass is 16.3. The highest BCUT2D eigenvalue weighted by molar-refractivity contribution is 5.02. The third-order valence-corrected chi connectivity index (χ3v) is 2.58. The summed E-state index contributed by atoms with van der Waals surface area (Å²) in [6.45, 7) is 0. The van der Waals surface area contributed by atoms with E-state index in [0.717, 1.165) is 30.7 Å². The first-order valence-corrected chi connectivity index (χ1v) is 5.50. The summed E-state index contributed by atoms with van der Waals surface area (Å²) in [6.07, 6.45) is 6.26. The van der Waals surface area contributed by atoms with Gasteiger partial charge in [0.1, 0.15) is 5.76 Å². The SMILES string of the molecule is Cn1ccc(CC(N)CCc2ccco2)n1. The van der Waals surface area contributed by atoms with Gasteiger partial charge in [0.05, 0.1) is 12.0 Å². The van der Waals surface area contributed by atoms with Gasteiger partial charge in [-0.15, -0.1) is 0 Å². The average Bonchev–Trinajstić information content (AvgIpc) is 2.87. The van der Waals surface area contributed by atoms with Crippen LogP contribution in [0.5, 0.6) is 0 Å². The smallest absolute Gasteiger partial charge is 0.103 e. The number of nitrogens with two attached hydrogens (primary N) is 1. The van der Waals surface area contributed by atoms with E-state index in [1.807, 2.05) is 31.4 Å². The second-order valence-electron chi connectivity index (χ2n) is 4.06. The number of nitrogens with zero attached hydrogens (tertiary/aromatic N) is 2. The Morgan fingerprint density at radius 3 is 3.00 bits per heavy atom. The highest BCUT2D eigenvalue weighted by Gasteiger charge is 2.07. The summed E-state index contributed by atoms with van der Waals surface area (Å²) in [6, 6.07) is 6.03. The van der Waals surface area contributed by atoms with Crippen LogP contribution in [0.4, 0.5) is 0 Å². The first kappa shape index (κ1) is 11.0. The lowest BCUT2D eigenvalue weighted by Crippen LogP contribution is -2.23. The maximum Gasteiger partial charge on any atom is 0.103 e. The fourth-order valence-corrected chi connectivity index (χ4v) is 1.73. The summed E-state index contributed by atoms with van der Waals surface area (Å²) in [5, 5.41) is 4.31. The summed E-state index contributed by atoms with van der Waals surface area (Å²) >= 11 is 0. The molecule has 1 atom stereocenters. The molecule has 2 aromatic rings. The minimum absolute atomic E-state index is 0.139. The molecule has 16 heavy (non-hydrogen) atoms. The molecular formula is C12H17N3O. The molecule has 86 valence electrons. The molecule has 0 saturated carbocycles. The molecule has 0 amide bonds. The molecule has 0 bridgehead atoms. The topological polar surface area (TPSA) is 57.0 Å². The van der Waals surface area contributed by atoms with Crippen LogP contribution in [0.15, 0.2) is 35.1 Å². The lowest BCUT2D eigenvalue weighted by atomic mass is 10.1. The number of aromatic nitrogens is 2. The second-order valence-corrected chi connectivity index (χ2v) is 4.06. The van der Waals surface area contributed by atoms with E-state index in [9.17, 15) is 0 Å². The van der Waals surface area contributed by atoms with Gasteiger partial charge in [-0.2, -0.15) is 5.10 Å². The van der Waals surface area contributed by atoms with Crippen molar-refractivity contribution in [1.82, 2.24) is 9.78 Å². The summed E-state index contributed by atoms with van der Waals surface area (Å²) in [4.78, 5) is 0. The Bertz CT molecular complexity index is 419. The third kappa shape index (κ3) is 2.97. The van der Waals surface area contributed by atoms with E-state index >= 15 is 0 Å². The molecule has 1 unspecified atom stereocenters. The van der Waals surface area contributed by atoms with Crippen molar-refractivity contribution in [2.24, 2.45) is 12.8 Å².